The number of amides is 3. The molecule has 1 aliphatic carbocycles. The Morgan fingerprint density at radius 1 is 0.891 bits per heavy atom. The van der Waals surface area contributed by atoms with E-state index in [1.165, 1.54) is 0 Å². The SMILES string of the molecule is CN(CCCCC(=O)Nc1ccc(C=O)cc1)C(=O)CCN1CCC2(CC1)CC(OC(=O)Nc1ccccc1-c1ccccc1)C2. The van der Waals surface area contributed by atoms with Crippen LogP contribution in [0.15, 0.2) is 78.9 Å². The molecule has 2 N–H and O–H groups in total. The monoisotopic (exact) mass is 624 g/mol. The van der Waals surface area contributed by atoms with Gasteiger partial charge in [-0.2, -0.15) is 0 Å². The molecule has 46 heavy (non-hydrogen) atoms. The second kappa shape index (κ2) is 15.7. The number of hydrogen-bond acceptors (Lipinski definition) is 6. The van der Waals surface area contributed by atoms with Gasteiger partial charge in [-0.1, -0.05) is 48.5 Å². The van der Waals surface area contributed by atoms with E-state index in [1.807, 2.05) is 61.6 Å². The number of likely N-dealkylation sites (tertiary alicyclic amines) is 1. The number of aldehydes is 1. The largest absolute Gasteiger partial charge is 0.446 e. The van der Waals surface area contributed by atoms with Crippen molar-refractivity contribution in [3.63, 3.8) is 0 Å². The maximum Gasteiger partial charge on any atom is 0.411 e. The highest BCUT2D eigenvalue weighted by molar-refractivity contribution is 5.92. The summed E-state index contributed by atoms with van der Waals surface area (Å²) >= 11 is 0. The van der Waals surface area contributed by atoms with Crippen LogP contribution in [0.5, 0.6) is 0 Å². The van der Waals surface area contributed by atoms with Gasteiger partial charge < -0.3 is 19.9 Å². The fourth-order valence-electron chi connectivity index (χ4n) is 6.47. The van der Waals surface area contributed by atoms with Gasteiger partial charge >= 0.3 is 6.09 Å². The zero-order valence-corrected chi connectivity index (χ0v) is 26.6. The lowest BCUT2D eigenvalue weighted by molar-refractivity contribution is -0.130. The number of ether oxygens (including phenoxy) is 1. The van der Waals surface area contributed by atoms with Gasteiger partial charge in [0.1, 0.15) is 12.4 Å². The first-order valence-electron chi connectivity index (χ1n) is 16.3. The van der Waals surface area contributed by atoms with Crippen LogP contribution in [0.2, 0.25) is 0 Å². The summed E-state index contributed by atoms with van der Waals surface area (Å²) in [5, 5.41) is 5.78. The van der Waals surface area contributed by atoms with Crippen molar-refractivity contribution in [3.8, 4) is 11.1 Å². The van der Waals surface area contributed by atoms with Gasteiger partial charge in [0.25, 0.3) is 0 Å². The summed E-state index contributed by atoms with van der Waals surface area (Å²) < 4.78 is 5.78. The number of rotatable bonds is 13. The summed E-state index contributed by atoms with van der Waals surface area (Å²) in [6.45, 7) is 3.27. The highest BCUT2D eigenvalue weighted by Crippen LogP contribution is 2.50. The van der Waals surface area contributed by atoms with E-state index in [4.69, 9.17) is 4.74 Å². The molecular weight excluding hydrogens is 580 g/mol. The van der Waals surface area contributed by atoms with E-state index < -0.39 is 6.09 Å². The van der Waals surface area contributed by atoms with Crippen LogP contribution in [0.3, 0.4) is 0 Å². The van der Waals surface area contributed by atoms with Crippen LogP contribution >= 0.6 is 0 Å². The summed E-state index contributed by atoms with van der Waals surface area (Å²) in [6.07, 6.45) is 6.50. The minimum atomic E-state index is -0.409. The third kappa shape index (κ3) is 9.03. The molecule has 0 aromatic heterocycles. The Bertz CT molecular complexity index is 1480. The van der Waals surface area contributed by atoms with E-state index in [0.717, 1.165) is 74.8 Å². The maximum absolute atomic E-state index is 12.7. The van der Waals surface area contributed by atoms with Crippen molar-refractivity contribution in [2.24, 2.45) is 5.41 Å². The molecule has 5 rings (SSSR count). The highest BCUT2D eigenvalue weighted by Gasteiger charge is 2.47. The van der Waals surface area contributed by atoms with Gasteiger partial charge in [-0.15, -0.1) is 0 Å². The molecule has 0 bridgehead atoms. The van der Waals surface area contributed by atoms with Gasteiger partial charge in [-0.05, 0) is 92.9 Å². The summed E-state index contributed by atoms with van der Waals surface area (Å²) in [4.78, 5) is 52.5. The van der Waals surface area contributed by atoms with Crippen molar-refractivity contribution in [2.45, 2.75) is 57.5 Å². The number of carbonyl (C=O) groups excluding carboxylic acids is 4. The predicted octanol–water partition coefficient (Wildman–Crippen LogP) is 6.62. The van der Waals surface area contributed by atoms with Crippen molar-refractivity contribution >= 4 is 35.6 Å². The molecule has 0 atom stereocenters. The molecule has 1 heterocycles. The molecule has 1 saturated carbocycles. The molecule has 242 valence electrons. The molecule has 2 fully saturated rings. The van der Waals surface area contributed by atoms with Crippen molar-refractivity contribution in [2.75, 3.05) is 43.9 Å². The van der Waals surface area contributed by atoms with E-state index in [9.17, 15) is 19.2 Å². The maximum atomic E-state index is 12.7. The second-order valence-corrected chi connectivity index (χ2v) is 12.6. The smallest absolute Gasteiger partial charge is 0.411 e. The summed E-state index contributed by atoms with van der Waals surface area (Å²) in [7, 11) is 1.83. The van der Waals surface area contributed by atoms with E-state index in [0.29, 0.717) is 37.1 Å². The molecule has 0 radical (unpaired) electrons. The van der Waals surface area contributed by atoms with E-state index in [1.54, 1.807) is 29.2 Å². The van der Waals surface area contributed by atoms with Crippen molar-refractivity contribution < 1.29 is 23.9 Å². The minimum Gasteiger partial charge on any atom is -0.446 e. The second-order valence-electron chi connectivity index (χ2n) is 12.6. The number of unbranched alkanes of at least 4 members (excludes halogenated alkanes) is 1. The number of piperidine rings is 1. The van der Waals surface area contributed by atoms with Crippen LogP contribution < -0.4 is 10.6 Å². The average molecular weight is 625 g/mol. The van der Waals surface area contributed by atoms with Crippen LogP contribution in [0, 0.1) is 5.41 Å². The van der Waals surface area contributed by atoms with Crippen molar-refractivity contribution in [1.82, 2.24) is 9.80 Å². The third-order valence-electron chi connectivity index (χ3n) is 9.31. The zero-order valence-electron chi connectivity index (χ0n) is 26.6. The molecular formula is C37H44N4O5. The van der Waals surface area contributed by atoms with Crippen LogP contribution in [0.4, 0.5) is 16.2 Å². The Balaban J connectivity index is 0.935. The number of anilines is 2. The van der Waals surface area contributed by atoms with E-state index >= 15 is 0 Å². The first kappa shape index (κ1) is 32.9. The van der Waals surface area contributed by atoms with Crippen molar-refractivity contribution in [3.05, 3.63) is 84.4 Å². The number of hydrogen-bond donors (Lipinski definition) is 2. The third-order valence-corrected chi connectivity index (χ3v) is 9.31. The summed E-state index contributed by atoms with van der Waals surface area (Å²) in [5.74, 6) is 0.0462. The number of nitrogens with one attached hydrogen (secondary N) is 2. The molecule has 3 aromatic rings. The Morgan fingerprint density at radius 2 is 1.59 bits per heavy atom. The molecule has 1 aliphatic heterocycles. The Kier molecular flexibility index (Phi) is 11.2. The fraction of sp³-hybridized carbons (Fsp3) is 0.405. The van der Waals surface area contributed by atoms with Crippen LogP contribution in [-0.2, 0) is 14.3 Å². The molecule has 1 saturated heterocycles. The molecule has 9 nitrogen and oxygen atoms in total. The lowest BCUT2D eigenvalue weighted by atomic mass is 9.61. The van der Waals surface area contributed by atoms with Gasteiger partial charge in [-0.25, -0.2) is 4.79 Å². The molecule has 9 heteroatoms. The lowest BCUT2D eigenvalue weighted by Crippen LogP contribution is -2.51. The Labute approximate surface area is 271 Å². The molecule has 3 amide bonds. The quantitative estimate of drug-likeness (QED) is 0.164. The van der Waals surface area contributed by atoms with Gasteiger partial charge in [0.2, 0.25) is 11.8 Å². The van der Waals surface area contributed by atoms with Gasteiger partial charge in [0.15, 0.2) is 0 Å². The first-order chi connectivity index (χ1) is 22.3. The Hall–Kier alpha value is -4.50. The normalized spacial score (nSPS) is 15.8. The van der Waals surface area contributed by atoms with Gasteiger partial charge in [-0.3, -0.25) is 19.7 Å². The average Bonchev–Trinajstić information content (AvgIpc) is 3.06. The van der Waals surface area contributed by atoms with Crippen LogP contribution in [0.25, 0.3) is 11.1 Å². The molecule has 3 aromatic carbocycles. The predicted molar refractivity (Wildman–Crippen MR) is 180 cm³/mol. The molecule has 2 aliphatic rings. The lowest BCUT2D eigenvalue weighted by Gasteiger charge is -2.51. The summed E-state index contributed by atoms with van der Waals surface area (Å²) in [5.41, 5.74) is 4.21. The zero-order chi connectivity index (χ0) is 32.4. The van der Waals surface area contributed by atoms with E-state index in [2.05, 4.69) is 15.5 Å². The van der Waals surface area contributed by atoms with Gasteiger partial charge in [0, 0.05) is 49.8 Å². The van der Waals surface area contributed by atoms with E-state index in [-0.39, 0.29) is 23.3 Å². The standard InChI is InChI=1S/C37H44N4O5/c1-40(21-8-7-13-34(43)38-30-16-14-28(27-42)15-17-30)35(44)18-22-41-23-19-37(20-24-41)25-31(26-37)46-36(45)39-33-12-6-5-11-32(33)29-9-3-2-4-10-29/h2-6,9-12,14-17,27,31H,7-8,13,18-26H2,1H3,(H,38,43)(H,39,45). The fourth-order valence-corrected chi connectivity index (χ4v) is 6.47. The molecule has 0 unspecified atom stereocenters. The molecule has 1 spiro atoms. The van der Waals surface area contributed by atoms with Crippen molar-refractivity contribution in [1.29, 1.82) is 0 Å². The summed E-state index contributed by atoms with van der Waals surface area (Å²) in [6, 6.07) is 24.5. The Morgan fingerprint density at radius 3 is 2.30 bits per heavy atom. The van der Waals surface area contributed by atoms with Crippen LogP contribution in [-0.4, -0.2) is 73.3 Å². The highest BCUT2D eigenvalue weighted by atomic mass is 16.6. The van der Waals surface area contributed by atoms with Gasteiger partial charge in [0.05, 0.1) is 5.69 Å². The van der Waals surface area contributed by atoms with Crippen LogP contribution in [0.1, 0.15) is 61.7 Å². The number of carbonyl (C=O) groups is 4. The topological polar surface area (TPSA) is 108 Å². The number of para-hydroxylation sites is 1. The number of nitrogens with zero attached hydrogens (tertiary/aromatic N) is 2. The first-order valence-corrected chi connectivity index (χ1v) is 16.3. The minimum absolute atomic E-state index is 0.0632. The number of benzene rings is 3.